The number of ether oxygens (including phenoxy) is 3. The molecule has 0 aliphatic rings. The normalized spacial score (nSPS) is 13.9. The van der Waals surface area contributed by atoms with Gasteiger partial charge in [-0.15, -0.1) is 0 Å². The predicted octanol–water partition coefficient (Wildman–Crippen LogP) is 2.54. The summed E-state index contributed by atoms with van der Waals surface area (Å²) in [4.78, 5) is 0. The standard InChI is InChI=1S/C13H21NO3/c1-9(10(2)15-3)14-11-6-12(16-4)8-13(7-11)17-5/h6-10,14H,1-5H3. The van der Waals surface area contributed by atoms with E-state index in [0.717, 1.165) is 17.2 Å². The number of benzene rings is 1. The first-order chi connectivity index (χ1) is 8.10. The van der Waals surface area contributed by atoms with Gasteiger partial charge in [-0.1, -0.05) is 0 Å². The molecule has 1 aromatic rings. The predicted molar refractivity (Wildman–Crippen MR) is 69.1 cm³/mol. The molecule has 0 aromatic heterocycles. The topological polar surface area (TPSA) is 39.7 Å². The van der Waals surface area contributed by atoms with Gasteiger partial charge in [0.05, 0.1) is 20.3 Å². The first kappa shape index (κ1) is 13.6. The van der Waals surface area contributed by atoms with E-state index in [-0.39, 0.29) is 12.1 Å². The highest BCUT2D eigenvalue weighted by Crippen LogP contribution is 2.26. The molecule has 96 valence electrons. The smallest absolute Gasteiger partial charge is 0.124 e. The van der Waals surface area contributed by atoms with E-state index in [1.807, 2.05) is 25.1 Å². The average molecular weight is 239 g/mol. The maximum Gasteiger partial charge on any atom is 0.124 e. The summed E-state index contributed by atoms with van der Waals surface area (Å²) in [5.74, 6) is 1.54. The van der Waals surface area contributed by atoms with Crippen LogP contribution in [-0.4, -0.2) is 33.5 Å². The zero-order valence-corrected chi connectivity index (χ0v) is 11.1. The third kappa shape index (κ3) is 3.82. The first-order valence-corrected chi connectivity index (χ1v) is 5.63. The Morgan fingerprint density at radius 2 is 1.47 bits per heavy atom. The molecule has 2 atom stereocenters. The molecule has 0 aliphatic carbocycles. The van der Waals surface area contributed by atoms with Crippen molar-refractivity contribution in [3.8, 4) is 11.5 Å². The van der Waals surface area contributed by atoms with Crippen molar-refractivity contribution in [2.45, 2.75) is 26.0 Å². The van der Waals surface area contributed by atoms with Crippen LogP contribution in [0.15, 0.2) is 18.2 Å². The van der Waals surface area contributed by atoms with E-state index < -0.39 is 0 Å². The molecule has 1 N–H and O–H groups in total. The molecule has 1 aromatic carbocycles. The van der Waals surface area contributed by atoms with Crippen LogP contribution in [0.25, 0.3) is 0 Å². The van der Waals surface area contributed by atoms with Crippen LogP contribution in [0.1, 0.15) is 13.8 Å². The largest absolute Gasteiger partial charge is 0.497 e. The Kier molecular flexibility index (Phi) is 5.10. The minimum atomic E-state index is 0.132. The molecule has 17 heavy (non-hydrogen) atoms. The molecule has 0 radical (unpaired) electrons. The lowest BCUT2D eigenvalue weighted by molar-refractivity contribution is 0.106. The molecule has 0 bridgehead atoms. The van der Waals surface area contributed by atoms with E-state index in [4.69, 9.17) is 14.2 Å². The molecule has 4 heteroatoms. The van der Waals surface area contributed by atoms with Crippen LogP contribution in [0.4, 0.5) is 5.69 Å². The van der Waals surface area contributed by atoms with Gasteiger partial charge in [-0.05, 0) is 13.8 Å². The van der Waals surface area contributed by atoms with Crippen molar-refractivity contribution in [1.29, 1.82) is 0 Å². The number of hydrogen-bond donors (Lipinski definition) is 1. The van der Waals surface area contributed by atoms with Crippen molar-refractivity contribution >= 4 is 5.69 Å². The number of rotatable bonds is 6. The molecule has 0 fully saturated rings. The second kappa shape index (κ2) is 6.35. The summed E-state index contributed by atoms with van der Waals surface area (Å²) >= 11 is 0. The van der Waals surface area contributed by atoms with Crippen LogP contribution in [0, 0.1) is 0 Å². The van der Waals surface area contributed by atoms with E-state index in [1.165, 1.54) is 0 Å². The fourth-order valence-corrected chi connectivity index (χ4v) is 1.48. The van der Waals surface area contributed by atoms with Crippen LogP contribution >= 0.6 is 0 Å². The molecular weight excluding hydrogens is 218 g/mol. The summed E-state index contributed by atoms with van der Waals surface area (Å²) in [7, 11) is 4.98. The van der Waals surface area contributed by atoms with Crippen molar-refractivity contribution in [2.75, 3.05) is 26.6 Å². The van der Waals surface area contributed by atoms with E-state index in [1.54, 1.807) is 21.3 Å². The van der Waals surface area contributed by atoms with Gasteiger partial charge < -0.3 is 19.5 Å². The number of anilines is 1. The fraction of sp³-hybridized carbons (Fsp3) is 0.538. The summed E-state index contributed by atoms with van der Waals surface area (Å²) in [5.41, 5.74) is 0.956. The summed E-state index contributed by atoms with van der Waals surface area (Å²) < 4.78 is 15.7. The van der Waals surface area contributed by atoms with Gasteiger partial charge in [-0.2, -0.15) is 0 Å². The zero-order valence-electron chi connectivity index (χ0n) is 11.1. The van der Waals surface area contributed by atoms with Gasteiger partial charge in [-0.25, -0.2) is 0 Å². The maximum absolute atomic E-state index is 5.27. The van der Waals surface area contributed by atoms with Crippen molar-refractivity contribution < 1.29 is 14.2 Å². The molecule has 0 saturated heterocycles. The molecule has 0 heterocycles. The van der Waals surface area contributed by atoms with Crippen LogP contribution in [0.3, 0.4) is 0 Å². The highest BCUT2D eigenvalue weighted by molar-refractivity contribution is 5.54. The fourth-order valence-electron chi connectivity index (χ4n) is 1.48. The highest BCUT2D eigenvalue weighted by Gasteiger charge is 2.11. The van der Waals surface area contributed by atoms with Crippen LogP contribution in [-0.2, 0) is 4.74 Å². The molecule has 1 rings (SSSR count). The minimum absolute atomic E-state index is 0.132. The van der Waals surface area contributed by atoms with E-state index in [2.05, 4.69) is 12.2 Å². The number of nitrogens with one attached hydrogen (secondary N) is 1. The Hall–Kier alpha value is -1.42. The molecule has 0 aliphatic heterocycles. The average Bonchev–Trinajstić information content (AvgIpc) is 2.36. The van der Waals surface area contributed by atoms with Gasteiger partial charge in [0.15, 0.2) is 0 Å². The second-order valence-corrected chi connectivity index (χ2v) is 3.98. The molecule has 0 amide bonds. The molecule has 4 nitrogen and oxygen atoms in total. The van der Waals surface area contributed by atoms with Gasteiger partial charge in [0.2, 0.25) is 0 Å². The highest BCUT2D eigenvalue weighted by atomic mass is 16.5. The SMILES string of the molecule is COc1cc(NC(C)C(C)OC)cc(OC)c1. The Bertz CT molecular complexity index is 332. The summed E-state index contributed by atoms with van der Waals surface area (Å²) in [6.45, 7) is 4.09. The summed E-state index contributed by atoms with van der Waals surface area (Å²) in [6, 6.07) is 5.91. The second-order valence-electron chi connectivity index (χ2n) is 3.98. The quantitative estimate of drug-likeness (QED) is 0.828. The van der Waals surface area contributed by atoms with Crippen molar-refractivity contribution in [2.24, 2.45) is 0 Å². The van der Waals surface area contributed by atoms with Gasteiger partial charge in [0.25, 0.3) is 0 Å². The van der Waals surface area contributed by atoms with Crippen LogP contribution < -0.4 is 14.8 Å². The molecule has 2 unspecified atom stereocenters. The van der Waals surface area contributed by atoms with Crippen molar-refractivity contribution in [1.82, 2.24) is 0 Å². The van der Waals surface area contributed by atoms with E-state index in [9.17, 15) is 0 Å². The lowest BCUT2D eigenvalue weighted by Gasteiger charge is -2.21. The minimum Gasteiger partial charge on any atom is -0.497 e. The first-order valence-electron chi connectivity index (χ1n) is 5.63. The Balaban J connectivity index is 2.82. The molecule has 0 saturated carbocycles. The van der Waals surface area contributed by atoms with Gasteiger partial charge >= 0.3 is 0 Å². The summed E-state index contributed by atoms with van der Waals surface area (Å²) in [6.07, 6.45) is 0.132. The van der Waals surface area contributed by atoms with Crippen LogP contribution in [0.2, 0.25) is 0 Å². The number of methoxy groups -OCH3 is 3. The van der Waals surface area contributed by atoms with Gasteiger partial charge in [-0.3, -0.25) is 0 Å². The monoisotopic (exact) mass is 239 g/mol. The maximum atomic E-state index is 5.27. The zero-order chi connectivity index (χ0) is 12.8. The van der Waals surface area contributed by atoms with Gasteiger partial charge in [0, 0.05) is 37.0 Å². The van der Waals surface area contributed by atoms with E-state index >= 15 is 0 Å². The molecule has 0 spiro atoms. The van der Waals surface area contributed by atoms with Crippen molar-refractivity contribution in [3.05, 3.63) is 18.2 Å². The van der Waals surface area contributed by atoms with E-state index in [0.29, 0.717) is 0 Å². The Labute approximate surface area is 103 Å². The Morgan fingerprint density at radius 1 is 0.941 bits per heavy atom. The lowest BCUT2D eigenvalue weighted by atomic mass is 10.2. The van der Waals surface area contributed by atoms with Crippen molar-refractivity contribution in [3.63, 3.8) is 0 Å². The number of hydrogen-bond acceptors (Lipinski definition) is 4. The molecular formula is C13H21NO3. The Morgan fingerprint density at radius 3 is 1.88 bits per heavy atom. The summed E-state index contributed by atoms with van der Waals surface area (Å²) in [5, 5.41) is 3.36. The lowest BCUT2D eigenvalue weighted by Crippen LogP contribution is -2.29. The van der Waals surface area contributed by atoms with Gasteiger partial charge in [0.1, 0.15) is 11.5 Å². The van der Waals surface area contributed by atoms with Crippen LogP contribution in [0.5, 0.6) is 11.5 Å². The third-order valence-electron chi connectivity index (χ3n) is 2.82. The third-order valence-corrected chi connectivity index (χ3v) is 2.82.